The fraction of sp³-hybridized carbons (Fsp3) is 0.476. The van der Waals surface area contributed by atoms with Gasteiger partial charge in [-0.25, -0.2) is 0 Å². The zero-order valence-corrected chi connectivity index (χ0v) is 16.5. The number of aromatic nitrogens is 4. The van der Waals surface area contributed by atoms with Crippen molar-refractivity contribution in [1.29, 1.82) is 0 Å². The van der Waals surface area contributed by atoms with E-state index in [0.29, 0.717) is 12.3 Å². The maximum Gasteiger partial charge on any atom is 0.231 e. The first-order valence-corrected chi connectivity index (χ1v) is 9.62. The van der Waals surface area contributed by atoms with Gasteiger partial charge in [-0.1, -0.05) is 31.1 Å². The lowest BCUT2D eigenvalue weighted by Crippen LogP contribution is -2.11. The van der Waals surface area contributed by atoms with Crippen molar-refractivity contribution in [1.82, 2.24) is 19.9 Å². The van der Waals surface area contributed by atoms with Crippen molar-refractivity contribution < 1.29 is 9.26 Å². The Morgan fingerprint density at radius 2 is 2.04 bits per heavy atom. The first-order chi connectivity index (χ1) is 13.1. The summed E-state index contributed by atoms with van der Waals surface area (Å²) in [5.74, 6) is 2.31. The van der Waals surface area contributed by atoms with Crippen molar-refractivity contribution in [2.75, 3.05) is 7.11 Å². The lowest BCUT2D eigenvalue weighted by Gasteiger charge is -2.12. The monoisotopic (exact) mass is 366 g/mol. The molecule has 6 nitrogen and oxygen atoms in total. The van der Waals surface area contributed by atoms with Gasteiger partial charge in [-0.05, 0) is 43.4 Å². The summed E-state index contributed by atoms with van der Waals surface area (Å²) in [6.07, 6.45) is 4.55. The molecule has 0 unspecified atom stereocenters. The smallest absolute Gasteiger partial charge is 0.231 e. The van der Waals surface area contributed by atoms with Gasteiger partial charge >= 0.3 is 0 Å². The highest BCUT2D eigenvalue weighted by atomic mass is 16.5. The summed E-state index contributed by atoms with van der Waals surface area (Å²) in [5.41, 5.74) is 4.64. The minimum absolute atomic E-state index is 0.133. The maximum absolute atomic E-state index is 5.65. The Balaban J connectivity index is 1.63. The molecule has 4 rings (SSSR count). The van der Waals surface area contributed by atoms with Crippen LogP contribution in [0.15, 0.2) is 28.8 Å². The molecule has 0 aliphatic heterocycles. The first kappa shape index (κ1) is 17.8. The number of aryl methyl sites for hydroxylation is 2. The van der Waals surface area contributed by atoms with Gasteiger partial charge in [0.2, 0.25) is 5.89 Å². The number of ether oxygens (including phenoxy) is 1. The third kappa shape index (κ3) is 3.03. The topological polar surface area (TPSA) is 66.0 Å². The third-order valence-corrected chi connectivity index (χ3v) is 5.62. The van der Waals surface area contributed by atoms with Crippen LogP contribution in [0.5, 0.6) is 5.75 Å². The van der Waals surface area contributed by atoms with Crippen LogP contribution in [-0.4, -0.2) is 27.0 Å². The van der Waals surface area contributed by atoms with E-state index in [4.69, 9.17) is 14.2 Å². The van der Waals surface area contributed by atoms with Gasteiger partial charge in [0.25, 0.3) is 0 Å². The van der Waals surface area contributed by atoms with Crippen LogP contribution in [-0.2, 0) is 31.7 Å². The zero-order valence-electron chi connectivity index (χ0n) is 16.5. The Hall–Kier alpha value is -2.63. The molecule has 0 radical (unpaired) electrons. The Morgan fingerprint density at radius 3 is 2.70 bits per heavy atom. The van der Waals surface area contributed by atoms with Gasteiger partial charge in [-0.3, -0.25) is 4.68 Å². The molecule has 1 fully saturated rings. The molecule has 27 heavy (non-hydrogen) atoms. The second-order valence-electron chi connectivity index (χ2n) is 7.21. The third-order valence-electron chi connectivity index (χ3n) is 5.62. The molecule has 1 saturated carbocycles. The molecule has 0 saturated heterocycles. The van der Waals surface area contributed by atoms with Crippen molar-refractivity contribution >= 4 is 0 Å². The fourth-order valence-electron chi connectivity index (χ4n) is 3.95. The molecule has 0 N–H and O–H groups in total. The van der Waals surface area contributed by atoms with E-state index in [9.17, 15) is 0 Å². The Labute approximate surface area is 159 Å². The van der Waals surface area contributed by atoms with Crippen LogP contribution in [0, 0.1) is 0 Å². The average Bonchev–Trinajstić information content (AvgIpc) is 3.28. The highest BCUT2D eigenvalue weighted by Crippen LogP contribution is 2.52. The summed E-state index contributed by atoms with van der Waals surface area (Å²) in [4.78, 5) is 4.78. The van der Waals surface area contributed by atoms with Gasteiger partial charge in [0.1, 0.15) is 5.75 Å². The number of nitrogens with zero attached hydrogens (tertiary/aromatic N) is 4. The molecule has 3 aromatic rings. The van der Waals surface area contributed by atoms with Crippen LogP contribution in [0.3, 0.4) is 0 Å². The highest BCUT2D eigenvalue weighted by Gasteiger charge is 2.50. The number of methoxy groups -OCH3 is 1. The molecule has 2 aromatic heterocycles. The van der Waals surface area contributed by atoms with Crippen LogP contribution in [0.25, 0.3) is 0 Å². The fourth-order valence-corrected chi connectivity index (χ4v) is 3.95. The Bertz CT molecular complexity index is 953. The van der Waals surface area contributed by atoms with E-state index < -0.39 is 0 Å². The standard InChI is InChI=1S/C21H26N4O2/c1-5-17-16(18(6-2)25(3)23-17)13-19-22-20(24-27-19)21(10-11-21)14-8-7-9-15(12-14)26-4/h7-9,12H,5-6,10-11,13H2,1-4H3. The van der Waals surface area contributed by atoms with Gasteiger partial charge in [-0.2, -0.15) is 10.1 Å². The zero-order chi connectivity index (χ0) is 19.0. The minimum atomic E-state index is -0.133. The van der Waals surface area contributed by atoms with Gasteiger partial charge in [0, 0.05) is 18.3 Å². The van der Waals surface area contributed by atoms with Gasteiger partial charge < -0.3 is 9.26 Å². The quantitative estimate of drug-likeness (QED) is 0.639. The summed E-state index contributed by atoms with van der Waals surface area (Å²) >= 11 is 0. The molecule has 0 spiro atoms. The summed E-state index contributed by atoms with van der Waals surface area (Å²) in [5, 5.41) is 8.99. The molecule has 0 bridgehead atoms. The highest BCUT2D eigenvalue weighted by molar-refractivity contribution is 5.43. The van der Waals surface area contributed by atoms with Crippen LogP contribution in [0.4, 0.5) is 0 Å². The number of hydrogen-bond acceptors (Lipinski definition) is 5. The van der Waals surface area contributed by atoms with E-state index in [1.807, 2.05) is 23.9 Å². The van der Waals surface area contributed by atoms with Gasteiger partial charge in [-0.15, -0.1) is 0 Å². The van der Waals surface area contributed by atoms with E-state index in [0.717, 1.165) is 43.0 Å². The number of benzene rings is 1. The van der Waals surface area contributed by atoms with E-state index in [2.05, 4.69) is 36.2 Å². The van der Waals surface area contributed by atoms with Crippen molar-refractivity contribution in [2.24, 2.45) is 7.05 Å². The predicted molar refractivity (Wildman–Crippen MR) is 102 cm³/mol. The lowest BCUT2D eigenvalue weighted by molar-refractivity contribution is 0.376. The van der Waals surface area contributed by atoms with Crippen molar-refractivity contribution in [3.05, 3.63) is 58.5 Å². The molecule has 1 aliphatic rings. The molecule has 6 heteroatoms. The van der Waals surface area contributed by atoms with Crippen LogP contribution < -0.4 is 4.74 Å². The second-order valence-corrected chi connectivity index (χ2v) is 7.21. The number of hydrogen-bond donors (Lipinski definition) is 0. The summed E-state index contributed by atoms with van der Waals surface area (Å²) in [7, 11) is 3.69. The molecular formula is C21H26N4O2. The minimum Gasteiger partial charge on any atom is -0.497 e. The van der Waals surface area contributed by atoms with Crippen molar-refractivity contribution in [3.63, 3.8) is 0 Å². The SMILES string of the molecule is CCc1nn(C)c(CC)c1Cc1nc(C2(c3cccc(OC)c3)CC2)no1. The van der Waals surface area contributed by atoms with E-state index in [1.165, 1.54) is 16.8 Å². The molecule has 2 heterocycles. The maximum atomic E-state index is 5.65. The van der Waals surface area contributed by atoms with Crippen LogP contribution in [0.2, 0.25) is 0 Å². The first-order valence-electron chi connectivity index (χ1n) is 9.62. The summed E-state index contributed by atoms with van der Waals surface area (Å²) in [6.45, 7) is 4.29. The van der Waals surface area contributed by atoms with Crippen LogP contribution >= 0.6 is 0 Å². The molecule has 0 atom stereocenters. The number of rotatable bonds is 7. The molecule has 0 amide bonds. The van der Waals surface area contributed by atoms with E-state index >= 15 is 0 Å². The normalized spacial score (nSPS) is 15.1. The van der Waals surface area contributed by atoms with E-state index in [-0.39, 0.29) is 5.41 Å². The van der Waals surface area contributed by atoms with Crippen molar-refractivity contribution in [3.8, 4) is 5.75 Å². The van der Waals surface area contributed by atoms with Crippen molar-refractivity contribution in [2.45, 2.75) is 51.4 Å². The van der Waals surface area contributed by atoms with Gasteiger partial charge in [0.15, 0.2) is 5.82 Å². The Kier molecular flexibility index (Phi) is 4.50. The second kappa shape index (κ2) is 6.83. The summed E-state index contributed by atoms with van der Waals surface area (Å²) < 4.78 is 13.0. The molecule has 142 valence electrons. The molecule has 1 aromatic carbocycles. The molecular weight excluding hydrogens is 340 g/mol. The predicted octanol–water partition coefficient (Wildman–Crippen LogP) is 3.61. The Morgan fingerprint density at radius 1 is 1.22 bits per heavy atom. The van der Waals surface area contributed by atoms with E-state index in [1.54, 1.807) is 7.11 Å². The lowest BCUT2D eigenvalue weighted by atomic mass is 9.95. The summed E-state index contributed by atoms with van der Waals surface area (Å²) in [6, 6.07) is 8.18. The average molecular weight is 366 g/mol. The van der Waals surface area contributed by atoms with Gasteiger partial charge in [0.05, 0.1) is 24.6 Å². The largest absolute Gasteiger partial charge is 0.497 e. The molecule has 1 aliphatic carbocycles. The van der Waals surface area contributed by atoms with Crippen LogP contribution in [0.1, 0.15) is 60.9 Å².